The summed E-state index contributed by atoms with van der Waals surface area (Å²) in [5.74, 6) is 2.02. The molecule has 0 amide bonds. The van der Waals surface area contributed by atoms with Crippen LogP contribution >= 0.6 is 11.8 Å². The topological polar surface area (TPSA) is 46.2 Å². The van der Waals surface area contributed by atoms with E-state index in [2.05, 4.69) is 25.6 Å². The van der Waals surface area contributed by atoms with E-state index in [-0.39, 0.29) is 6.10 Å². The van der Waals surface area contributed by atoms with Crippen molar-refractivity contribution in [1.29, 1.82) is 0 Å². The number of aliphatic hydroxyl groups is 1. The smallest absolute Gasteiger partial charge is 0.0540 e. The van der Waals surface area contributed by atoms with Crippen molar-refractivity contribution in [2.75, 3.05) is 12.3 Å². The molecule has 1 atom stereocenters. The second-order valence-electron chi connectivity index (χ2n) is 6.09. The Hall–Kier alpha value is 0.270. The lowest BCUT2D eigenvalue weighted by Gasteiger charge is -2.47. The standard InChI is InChI=1S/C13H25NOS/c1-12(2)11(5-8-16-12)13(9-14)6-3-10(15)4-7-13/h10-11,15H,3-9,14H2,1-2H3. The lowest BCUT2D eigenvalue weighted by atomic mass is 9.61. The Morgan fingerprint density at radius 1 is 1.25 bits per heavy atom. The average Bonchev–Trinajstić information content (AvgIpc) is 2.61. The summed E-state index contributed by atoms with van der Waals surface area (Å²) in [5, 5.41) is 9.66. The fourth-order valence-electron chi connectivity index (χ4n) is 3.80. The highest BCUT2D eigenvalue weighted by Gasteiger charge is 2.49. The van der Waals surface area contributed by atoms with Crippen LogP contribution in [0.2, 0.25) is 0 Å². The highest BCUT2D eigenvalue weighted by Crippen LogP contribution is 2.55. The first-order valence-corrected chi connectivity index (χ1v) is 7.51. The summed E-state index contributed by atoms with van der Waals surface area (Å²) in [6, 6.07) is 0. The minimum absolute atomic E-state index is 0.0724. The van der Waals surface area contributed by atoms with Gasteiger partial charge in [-0.1, -0.05) is 13.8 Å². The van der Waals surface area contributed by atoms with Gasteiger partial charge in [0.2, 0.25) is 0 Å². The molecule has 0 aromatic rings. The first-order valence-electron chi connectivity index (χ1n) is 6.52. The molecule has 1 heterocycles. The quantitative estimate of drug-likeness (QED) is 0.783. The van der Waals surface area contributed by atoms with Crippen LogP contribution in [0.25, 0.3) is 0 Å². The van der Waals surface area contributed by atoms with Crippen LogP contribution in [0.15, 0.2) is 0 Å². The zero-order chi connectivity index (χ0) is 11.8. The van der Waals surface area contributed by atoms with Crippen molar-refractivity contribution in [2.24, 2.45) is 17.1 Å². The Bertz CT molecular complexity index is 246. The van der Waals surface area contributed by atoms with E-state index in [0.29, 0.717) is 10.2 Å². The molecule has 0 radical (unpaired) electrons. The molecular weight excluding hydrogens is 218 g/mol. The number of hydrogen-bond donors (Lipinski definition) is 2. The van der Waals surface area contributed by atoms with E-state index >= 15 is 0 Å². The van der Waals surface area contributed by atoms with Crippen molar-refractivity contribution < 1.29 is 5.11 Å². The third-order valence-corrected chi connectivity index (χ3v) is 6.28. The number of nitrogens with two attached hydrogens (primary N) is 1. The molecule has 16 heavy (non-hydrogen) atoms. The zero-order valence-electron chi connectivity index (χ0n) is 10.5. The molecule has 1 aliphatic carbocycles. The van der Waals surface area contributed by atoms with Crippen LogP contribution in [0, 0.1) is 11.3 Å². The first kappa shape index (κ1) is 12.7. The molecule has 2 fully saturated rings. The molecular formula is C13H25NOS. The Morgan fingerprint density at radius 3 is 2.31 bits per heavy atom. The summed E-state index contributed by atoms with van der Waals surface area (Å²) in [7, 11) is 0. The number of thioether (sulfide) groups is 1. The maximum Gasteiger partial charge on any atom is 0.0540 e. The van der Waals surface area contributed by atoms with E-state index in [1.54, 1.807) is 0 Å². The van der Waals surface area contributed by atoms with Gasteiger partial charge in [-0.3, -0.25) is 0 Å². The van der Waals surface area contributed by atoms with Crippen LogP contribution < -0.4 is 5.73 Å². The van der Waals surface area contributed by atoms with Gasteiger partial charge in [0.25, 0.3) is 0 Å². The maximum atomic E-state index is 9.66. The van der Waals surface area contributed by atoms with Gasteiger partial charge in [0, 0.05) is 4.75 Å². The van der Waals surface area contributed by atoms with E-state index in [1.165, 1.54) is 12.2 Å². The molecule has 2 nitrogen and oxygen atoms in total. The van der Waals surface area contributed by atoms with Gasteiger partial charge >= 0.3 is 0 Å². The van der Waals surface area contributed by atoms with E-state index in [0.717, 1.165) is 38.1 Å². The molecule has 3 heteroatoms. The highest BCUT2D eigenvalue weighted by atomic mass is 32.2. The molecule has 1 unspecified atom stereocenters. The van der Waals surface area contributed by atoms with Crippen LogP contribution in [-0.4, -0.2) is 28.3 Å². The lowest BCUT2D eigenvalue weighted by molar-refractivity contribution is 0.0216. The molecule has 1 saturated heterocycles. The van der Waals surface area contributed by atoms with Crippen molar-refractivity contribution in [2.45, 2.75) is 56.8 Å². The van der Waals surface area contributed by atoms with Crippen LogP contribution in [0.5, 0.6) is 0 Å². The zero-order valence-corrected chi connectivity index (χ0v) is 11.4. The van der Waals surface area contributed by atoms with Crippen LogP contribution in [-0.2, 0) is 0 Å². The van der Waals surface area contributed by atoms with E-state index < -0.39 is 0 Å². The molecule has 1 saturated carbocycles. The van der Waals surface area contributed by atoms with Gasteiger partial charge in [-0.25, -0.2) is 0 Å². The average molecular weight is 243 g/mol. The van der Waals surface area contributed by atoms with E-state index in [9.17, 15) is 5.11 Å². The second kappa shape index (κ2) is 4.51. The van der Waals surface area contributed by atoms with Gasteiger partial charge in [-0.05, 0) is 55.7 Å². The number of aliphatic hydroxyl groups excluding tert-OH is 1. The van der Waals surface area contributed by atoms with Crippen LogP contribution in [0.3, 0.4) is 0 Å². The summed E-state index contributed by atoms with van der Waals surface area (Å²) in [5.41, 5.74) is 6.41. The van der Waals surface area contributed by atoms with Crippen LogP contribution in [0.1, 0.15) is 46.0 Å². The van der Waals surface area contributed by atoms with Crippen molar-refractivity contribution in [3.05, 3.63) is 0 Å². The fourth-order valence-corrected chi connectivity index (χ4v) is 5.25. The summed E-state index contributed by atoms with van der Waals surface area (Å²) in [4.78, 5) is 0. The number of rotatable bonds is 2. The highest BCUT2D eigenvalue weighted by molar-refractivity contribution is 8.00. The summed E-state index contributed by atoms with van der Waals surface area (Å²) < 4.78 is 0.377. The summed E-state index contributed by atoms with van der Waals surface area (Å²) in [6.07, 6.45) is 5.39. The lowest BCUT2D eigenvalue weighted by Crippen LogP contribution is -2.47. The van der Waals surface area contributed by atoms with Crippen molar-refractivity contribution >= 4 is 11.8 Å². The molecule has 2 rings (SSSR count). The van der Waals surface area contributed by atoms with Gasteiger partial charge in [-0.2, -0.15) is 11.8 Å². The predicted octanol–water partition coefficient (Wildman–Crippen LogP) is 2.40. The van der Waals surface area contributed by atoms with Crippen LogP contribution in [0.4, 0.5) is 0 Å². The van der Waals surface area contributed by atoms with Gasteiger partial charge in [0.15, 0.2) is 0 Å². The van der Waals surface area contributed by atoms with E-state index in [1.807, 2.05) is 0 Å². The summed E-state index contributed by atoms with van der Waals surface area (Å²) in [6.45, 7) is 5.55. The van der Waals surface area contributed by atoms with Crippen molar-refractivity contribution in [3.8, 4) is 0 Å². The molecule has 0 bridgehead atoms. The predicted molar refractivity (Wildman–Crippen MR) is 70.6 cm³/mol. The molecule has 94 valence electrons. The third-order valence-electron chi connectivity index (χ3n) is 4.82. The second-order valence-corrected chi connectivity index (χ2v) is 7.84. The van der Waals surface area contributed by atoms with Crippen molar-refractivity contribution in [3.63, 3.8) is 0 Å². The third kappa shape index (κ3) is 2.14. The van der Waals surface area contributed by atoms with Crippen molar-refractivity contribution in [1.82, 2.24) is 0 Å². The largest absolute Gasteiger partial charge is 0.393 e. The fraction of sp³-hybridized carbons (Fsp3) is 1.00. The molecule has 0 aromatic carbocycles. The normalized spacial score (nSPS) is 43.5. The Balaban J connectivity index is 2.15. The molecule has 1 aliphatic heterocycles. The van der Waals surface area contributed by atoms with Gasteiger partial charge < -0.3 is 10.8 Å². The van der Waals surface area contributed by atoms with E-state index in [4.69, 9.17) is 5.73 Å². The first-order chi connectivity index (χ1) is 7.50. The molecule has 3 N–H and O–H groups in total. The van der Waals surface area contributed by atoms with Gasteiger partial charge in [-0.15, -0.1) is 0 Å². The minimum Gasteiger partial charge on any atom is -0.393 e. The Morgan fingerprint density at radius 2 is 1.88 bits per heavy atom. The monoisotopic (exact) mass is 243 g/mol. The maximum absolute atomic E-state index is 9.66. The minimum atomic E-state index is -0.0724. The SMILES string of the molecule is CC1(C)SCCC1C1(CN)CCC(O)CC1. The Labute approximate surface area is 103 Å². The number of hydrogen-bond acceptors (Lipinski definition) is 3. The Kier molecular flexibility index (Phi) is 3.58. The van der Waals surface area contributed by atoms with Gasteiger partial charge in [0.1, 0.15) is 0 Å². The molecule has 0 spiro atoms. The molecule has 2 aliphatic rings. The van der Waals surface area contributed by atoms with Gasteiger partial charge in [0.05, 0.1) is 6.10 Å². The summed E-state index contributed by atoms with van der Waals surface area (Å²) >= 11 is 2.10. The molecule has 0 aromatic heterocycles.